The number of amides is 2. The van der Waals surface area contributed by atoms with Gasteiger partial charge in [-0.15, -0.1) is 0 Å². The third-order valence-electron chi connectivity index (χ3n) is 4.52. The Morgan fingerprint density at radius 3 is 2.45 bits per heavy atom. The van der Waals surface area contributed by atoms with E-state index in [0.717, 1.165) is 19.3 Å². The van der Waals surface area contributed by atoms with Crippen LogP contribution in [0.4, 0.5) is 4.79 Å². The third kappa shape index (κ3) is 3.87. The van der Waals surface area contributed by atoms with Gasteiger partial charge in [0.2, 0.25) is 0 Å². The molecule has 0 aromatic carbocycles. The van der Waals surface area contributed by atoms with E-state index >= 15 is 0 Å². The highest BCUT2D eigenvalue weighted by Crippen LogP contribution is 2.35. The first-order valence-electron chi connectivity index (χ1n) is 7.75. The van der Waals surface area contributed by atoms with Gasteiger partial charge in [0.1, 0.15) is 0 Å². The number of hydrogen-bond acceptors (Lipinski definition) is 2. The summed E-state index contributed by atoms with van der Waals surface area (Å²) in [6, 6.07) is -0.115. The molecule has 1 fully saturated rings. The number of carboxylic acids is 1. The number of nitrogens with one attached hydrogen (secondary N) is 1. The Kier molecular flexibility index (Phi) is 6.30. The molecule has 5 nitrogen and oxygen atoms in total. The van der Waals surface area contributed by atoms with Crippen LogP contribution in [-0.2, 0) is 4.79 Å². The van der Waals surface area contributed by atoms with Gasteiger partial charge >= 0.3 is 12.0 Å². The number of likely N-dealkylation sites (tertiary alicyclic amines) is 1. The molecule has 116 valence electrons. The maximum absolute atomic E-state index is 12.1. The van der Waals surface area contributed by atoms with Crippen LogP contribution in [0.1, 0.15) is 52.9 Å². The zero-order chi connectivity index (χ0) is 15.2. The molecule has 0 aromatic heterocycles. The summed E-state index contributed by atoms with van der Waals surface area (Å²) >= 11 is 0. The maximum atomic E-state index is 12.1. The van der Waals surface area contributed by atoms with E-state index in [2.05, 4.69) is 19.2 Å². The molecular formula is C15H28N2O3. The average Bonchev–Trinajstić information content (AvgIpc) is 2.86. The van der Waals surface area contributed by atoms with E-state index in [4.69, 9.17) is 0 Å². The van der Waals surface area contributed by atoms with E-state index in [1.165, 1.54) is 0 Å². The highest BCUT2D eigenvalue weighted by atomic mass is 16.4. The molecule has 5 heteroatoms. The number of urea groups is 1. The summed E-state index contributed by atoms with van der Waals surface area (Å²) in [5.74, 6) is -0.268. The summed E-state index contributed by atoms with van der Waals surface area (Å²) in [5.41, 5.74) is -0.735. The molecule has 0 spiro atoms. The highest BCUT2D eigenvalue weighted by molar-refractivity contribution is 5.79. The number of rotatable bonds is 7. The zero-order valence-electron chi connectivity index (χ0n) is 12.9. The molecule has 1 atom stereocenters. The second kappa shape index (κ2) is 7.50. The van der Waals surface area contributed by atoms with E-state index in [1.54, 1.807) is 4.90 Å². The maximum Gasteiger partial charge on any atom is 0.317 e. The van der Waals surface area contributed by atoms with E-state index in [1.807, 2.05) is 6.92 Å². The molecule has 2 N–H and O–H groups in total. The highest BCUT2D eigenvalue weighted by Gasteiger charge is 2.45. The van der Waals surface area contributed by atoms with E-state index in [9.17, 15) is 14.7 Å². The summed E-state index contributed by atoms with van der Waals surface area (Å²) in [6.07, 6.45) is 4.13. The van der Waals surface area contributed by atoms with Crippen molar-refractivity contribution < 1.29 is 14.7 Å². The fourth-order valence-corrected chi connectivity index (χ4v) is 2.93. The molecule has 0 saturated carbocycles. The fraction of sp³-hybridized carbons (Fsp3) is 0.867. The monoisotopic (exact) mass is 284 g/mol. The molecule has 0 aliphatic carbocycles. The van der Waals surface area contributed by atoms with Crippen molar-refractivity contribution in [3.63, 3.8) is 0 Å². The van der Waals surface area contributed by atoms with Crippen molar-refractivity contribution in [3.8, 4) is 0 Å². The van der Waals surface area contributed by atoms with Gasteiger partial charge < -0.3 is 15.3 Å². The summed E-state index contributed by atoms with van der Waals surface area (Å²) in [4.78, 5) is 25.3. The van der Waals surface area contributed by atoms with Crippen molar-refractivity contribution in [3.05, 3.63) is 0 Å². The largest absolute Gasteiger partial charge is 0.481 e. The molecule has 0 aromatic rings. The molecule has 1 aliphatic heterocycles. The van der Waals surface area contributed by atoms with Crippen LogP contribution in [0, 0.1) is 11.3 Å². The van der Waals surface area contributed by atoms with Gasteiger partial charge in [-0.1, -0.05) is 40.0 Å². The standard InChI is InChI=1S/C15H28N2O3/c1-4-7-15(13(18)19)8-9-17(11-15)14(20)16-10-12(5-2)6-3/h12H,4-11H2,1-3H3,(H,16,20)(H,18,19). The Morgan fingerprint density at radius 2 is 1.95 bits per heavy atom. The predicted molar refractivity (Wildman–Crippen MR) is 78.6 cm³/mol. The van der Waals surface area contributed by atoms with Crippen molar-refractivity contribution in [1.82, 2.24) is 10.2 Å². The molecule has 2 amide bonds. The van der Waals surface area contributed by atoms with Gasteiger partial charge in [-0.3, -0.25) is 4.79 Å². The molecule has 1 saturated heterocycles. The Hall–Kier alpha value is -1.26. The summed E-state index contributed by atoms with van der Waals surface area (Å²) in [5, 5.41) is 12.4. The van der Waals surface area contributed by atoms with Crippen molar-refractivity contribution >= 4 is 12.0 Å². The lowest BCUT2D eigenvalue weighted by Gasteiger charge is -2.24. The van der Waals surface area contributed by atoms with Gasteiger partial charge in [0, 0.05) is 19.6 Å². The fourth-order valence-electron chi connectivity index (χ4n) is 2.93. The number of carboxylic acid groups (broad SMARTS) is 1. The van der Waals surface area contributed by atoms with Crippen LogP contribution in [0.3, 0.4) is 0 Å². The summed E-state index contributed by atoms with van der Waals surface area (Å²) in [6.45, 7) is 7.78. The smallest absolute Gasteiger partial charge is 0.317 e. The Bertz CT molecular complexity index is 342. The van der Waals surface area contributed by atoms with Gasteiger partial charge in [-0.05, 0) is 18.8 Å². The van der Waals surface area contributed by atoms with Gasteiger partial charge in [0.15, 0.2) is 0 Å². The second-order valence-corrected chi connectivity index (χ2v) is 5.88. The van der Waals surface area contributed by atoms with E-state index < -0.39 is 11.4 Å². The first-order valence-corrected chi connectivity index (χ1v) is 7.75. The Morgan fingerprint density at radius 1 is 1.30 bits per heavy atom. The lowest BCUT2D eigenvalue weighted by Crippen LogP contribution is -2.43. The first-order chi connectivity index (χ1) is 9.49. The van der Waals surface area contributed by atoms with Crippen molar-refractivity contribution in [2.75, 3.05) is 19.6 Å². The van der Waals surface area contributed by atoms with Crippen LogP contribution in [-0.4, -0.2) is 41.6 Å². The number of carbonyl (C=O) groups is 2. The SMILES string of the molecule is CCCC1(C(=O)O)CCN(C(=O)NCC(CC)CC)C1. The quantitative estimate of drug-likeness (QED) is 0.755. The average molecular weight is 284 g/mol. The van der Waals surface area contributed by atoms with E-state index in [-0.39, 0.29) is 6.03 Å². The normalized spacial score (nSPS) is 22.3. The minimum absolute atomic E-state index is 0.115. The van der Waals surface area contributed by atoms with Crippen molar-refractivity contribution in [1.29, 1.82) is 0 Å². The lowest BCUT2D eigenvalue weighted by atomic mass is 9.83. The number of aliphatic carboxylic acids is 1. The lowest BCUT2D eigenvalue weighted by molar-refractivity contribution is -0.148. The number of nitrogens with zero attached hydrogens (tertiary/aromatic N) is 1. The molecule has 0 radical (unpaired) electrons. The Balaban J connectivity index is 2.53. The molecule has 1 aliphatic rings. The predicted octanol–water partition coefficient (Wildman–Crippen LogP) is 2.71. The van der Waals surface area contributed by atoms with Gasteiger partial charge in [-0.2, -0.15) is 0 Å². The van der Waals surface area contributed by atoms with E-state index in [0.29, 0.717) is 38.4 Å². The van der Waals surface area contributed by atoms with Gasteiger partial charge in [0.05, 0.1) is 5.41 Å². The van der Waals surface area contributed by atoms with Crippen LogP contribution in [0.2, 0.25) is 0 Å². The van der Waals surface area contributed by atoms with Gasteiger partial charge in [-0.25, -0.2) is 4.79 Å². The molecule has 1 heterocycles. The summed E-state index contributed by atoms with van der Waals surface area (Å²) in [7, 11) is 0. The number of carbonyl (C=O) groups excluding carboxylic acids is 1. The van der Waals surface area contributed by atoms with Crippen LogP contribution in [0.15, 0.2) is 0 Å². The van der Waals surface area contributed by atoms with Crippen LogP contribution >= 0.6 is 0 Å². The van der Waals surface area contributed by atoms with Gasteiger partial charge in [0.25, 0.3) is 0 Å². The minimum atomic E-state index is -0.769. The van der Waals surface area contributed by atoms with Crippen molar-refractivity contribution in [2.45, 2.75) is 52.9 Å². The topological polar surface area (TPSA) is 69.6 Å². The first kappa shape index (κ1) is 16.8. The molecule has 1 unspecified atom stereocenters. The summed E-state index contributed by atoms with van der Waals surface area (Å²) < 4.78 is 0. The third-order valence-corrected chi connectivity index (χ3v) is 4.52. The minimum Gasteiger partial charge on any atom is -0.481 e. The molecule has 0 bridgehead atoms. The Labute approximate surface area is 121 Å². The van der Waals surface area contributed by atoms with Crippen molar-refractivity contribution in [2.24, 2.45) is 11.3 Å². The van der Waals surface area contributed by atoms with Crippen LogP contribution in [0.5, 0.6) is 0 Å². The molecule has 20 heavy (non-hydrogen) atoms. The van der Waals surface area contributed by atoms with Crippen LogP contribution in [0.25, 0.3) is 0 Å². The second-order valence-electron chi connectivity index (χ2n) is 5.88. The number of hydrogen-bond donors (Lipinski definition) is 2. The molecule has 1 rings (SSSR count). The molecular weight excluding hydrogens is 256 g/mol. The van der Waals surface area contributed by atoms with Crippen LogP contribution < -0.4 is 5.32 Å². The zero-order valence-corrected chi connectivity index (χ0v) is 12.9.